The minimum absolute atomic E-state index is 0.0262. The Kier molecular flexibility index (Phi) is 4.75. The highest BCUT2D eigenvalue weighted by molar-refractivity contribution is 5.95. The summed E-state index contributed by atoms with van der Waals surface area (Å²) in [6.07, 6.45) is 0. The molecule has 1 heterocycles. The second-order valence-electron chi connectivity index (χ2n) is 5.85. The van der Waals surface area contributed by atoms with Crippen LogP contribution in [0.2, 0.25) is 0 Å². The summed E-state index contributed by atoms with van der Waals surface area (Å²) >= 11 is 0. The highest BCUT2D eigenvalue weighted by Crippen LogP contribution is 2.24. The van der Waals surface area contributed by atoms with E-state index in [4.69, 9.17) is 0 Å². The molecule has 126 valence electrons. The lowest BCUT2D eigenvalue weighted by Gasteiger charge is -2.19. The van der Waals surface area contributed by atoms with Crippen molar-refractivity contribution < 1.29 is 4.79 Å². The van der Waals surface area contributed by atoms with Crippen molar-refractivity contribution in [2.24, 2.45) is 0 Å². The number of carbonyl (C=O) groups excluding carboxylic acids is 1. The summed E-state index contributed by atoms with van der Waals surface area (Å²) < 4.78 is 0. The van der Waals surface area contributed by atoms with E-state index < -0.39 is 0 Å². The molecule has 3 aromatic rings. The van der Waals surface area contributed by atoms with Gasteiger partial charge in [-0.1, -0.05) is 30.3 Å². The van der Waals surface area contributed by atoms with Crippen molar-refractivity contribution in [2.45, 2.75) is 13.8 Å². The van der Waals surface area contributed by atoms with Gasteiger partial charge in [0, 0.05) is 35.7 Å². The second kappa shape index (κ2) is 7.13. The highest BCUT2D eigenvalue weighted by atomic mass is 16.1. The van der Waals surface area contributed by atoms with Gasteiger partial charge in [0.15, 0.2) is 5.78 Å². The number of aryl methyl sites for hydroxylation is 1. The molecule has 0 radical (unpaired) electrons. The third-order valence-electron chi connectivity index (χ3n) is 3.85. The lowest BCUT2D eigenvalue weighted by molar-refractivity contribution is 0.101. The van der Waals surface area contributed by atoms with Crippen molar-refractivity contribution in [2.75, 3.05) is 17.3 Å². The number of hydrogen-bond donors (Lipinski definition) is 1. The Morgan fingerprint density at radius 2 is 1.76 bits per heavy atom. The Morgan fingerprint density at radius 1 is 1.00 bits per heavy atom. The van der Waals surface area contributed by atoms with E-state index in [9.17, 15) is 4.79 Å². The van der Waals surface area contributed by atoms with E-state index in [-0.39, 0.29) is 5.78 Å². The molecule has 25 heavy (non-hydrogen) atoms. The minimum atomic E-state index is 0.0262. The molecule has 0 atom stereocenters. The van der Waals surface area contributed by atoms with Crippen LogP contribution < -0.4 is 10.2 Å². The van der Waals surface area contributed by atoms with E-state index in [1.807, 2.05) is 67.4 Å². The van der Waals surface area contributed by atoms with Crippen LogP contribution in [0.25, 0.3) is 0 Å². The van der Waals surface area contributed by atoms with Crippen LogP contribution in [0.1, 0.15) is 23.0 Å². The fraction of sp³-hybridized carbons (Fsp3) is 0.150. The summed E-state index contributed by atoms with van der Waals surface area (Å²) in [7, 11) is 1.97. The number of carbonyl (C=O) groups is 1. The minimum Gasteiger partial charge on any atom is -0.329 e. The number of ketones is 1. The van der Waals surface area contributed by atoms with E-state index in [2.05, 4.69) is 15.3 Å². The molecule has 5 heteroatoms. The molecule has 1 aromatic heterocycles. The highest BCUT2D eigenvalue weighted by Gasteiger charge is 2.09. The van der Waals surface area contributed by atoms with Gasteiger partial charge in [-0.3, -0.25) is 4.79 Å². The van der Waals surface area contributed by atoms with Crippen LogP contribution in [0, 0.1) is 6.92 Å². The van der Waals surface area contributed by atoms with Crippen LogP contribution in [0.3, 0.4) is 0 Å². The topological polar surface area (TPSA) is 58.1 Å². The number of rotatable bonds is 5. The third kappa shape index (κ3) is 4.01. The summed E-state index contributed by atoms with van der Waals surface area (Å²) in [6, 6.07) is 19.3. The van der Waals surface area contributed by atoms with E-state index in [0.29, 0.717) is 11.5 Å². The normalized spacial score (nSPS) is 10.4. The zero-order valence-corrected chi connectivity index (χ0v) is 14.5. The molecule has 0 saturated heterocycles. The van der Waals surface area contributed by atoms with E-state index in [0.717, 1.165) is 22.9 Å². The molecule has 1 N–H and O–H groups in total. The zero-order valence-electron chi connectivity index (χ0n) is 14.5. The van der Waals surface area contributed by atoms with Gasteiger partial charge in [0.25, 0.3) is 0 Å². The van der Waals surface area contributed by atoms with Gasteiger partial charge in [-0.05, 0) is 38.1 Å². The van der Waals surface area contributed by atoms with Gasteiger partial charge in [0.1, 0.15) is 5.82 Å². The molecule has 0 saturated carbocycles. The standard InChI is InChI=1S/C20H20N4O/c1-14-12-19(24(3)18-10-5-4-6-11-18)23-20(21-14)22-17-9-7-8-16(13-17)15(2)25/h4-13H,1-3H3,(H,21,22,23). The molecule has 0 spiro atoms. The number of Topliss-reactive ketones (excluding diaryl/α,β-unsaturated/α-hetero) is 1. The first-order chi connectivity index (χ1) is 12.0. The van der Waals surface area contributed by atoms with Crippen LogP contribution in [0.5, 0.6) is 0 Å². The largest absolute Gasteiger partial charge is 0.329 e. The number of nitrogens with zero attached hydrogens (tertiary/aromatic N) is 3. The average Bonchev–Trinajstić information content (AvgIpc) is 2.61. The van der Waals surface area contributed by atoms with E-state index in [1.165, 1.54) is 0 Å². The van der Waals surface area contributed by atoms with Crippen molar-refractivity contribution in [3.8, 4) is 0 Å². The number of para-hydroxylation sites is 1. The van der Waals surface area contributed by atoms with Gasteiger partial charge in [-0.15, -0.1) is 0 Å². The van der Waals surface area contributed by atoms with Gasteiger partial charge in [0.05, 0.1) is 0 Å². The van der Waals surface area contributed by atoms with Gasteiger partial charge in [0.2, 0.25) is 5.95 Å². The Labute approximate surface area is 147 Å². The molecule has 2 aromatic carbocycles. The quantitative estimate of drug-likeness (QED) is 0.697. The molecule has 0 aliphatic rings. The van der Waals surface area contributed by atoms with Gasteiger partial charge >= 0.3 is 0 Å². The molecule has 0 aliphatic heterocycles. The number of nitrogens with one attached hydrogen (secondary N) is 1. The number of aromatic nitrogens is 2. The lowest BCUT2D eigenvalue weighted by atomic mass is 10.1. The molecule has 0 fully saturated rings. The maximum absolute atomic E-state index is 11.5. The average molecular weight is 332 g/mol. The van der Waals surface area contributed by atoms with Crippen LogP contribution in [0.4, 0.5) is 23.1 Å². The Hall–Kier alpha value is -3.21. The van der Waals surface area contributed by atoms with Crippen LogP contribution in [-0.2, 0) is 0 Å². The predicted molar refractivity (Wildman–Crippen MR) is 101 cm³/mol. The SMILES string of the molecule is CC(=O)c1cccc(Nc2nc(C)cc(N(C)c3ccccc3)n2)c1. The van der Waals surface area contributed by atoms with Crippen molar-refractivity contribution in [3.05, 3.63) is 71.9 Å². The molecule has 0 unspecified atom stereocenters. The fourth-order valence-corrected chi connectivity index (χ4v) is 2.51. The molecule has 5 nitrogen and oxygen atoms in total. The second-order valence-corrected chi connectivity index (χ2v) is 5.85. The zero-order chi connectivity index (χ0) is 17.8. The van der Waals surface area contributed by atoms with Crippen molar-refractivity contribution >= 4 is 28.9 Å². The molecule has 0 bridgehead atoms. The van der Waals surface area contributed by atoms with Crippen LogP contribution in [-0.4, -0.2) is 22.8 Å². The predicted octanol–water partition coefficient (Wildman–Crippen LogP) is 4.50. The maximum Gasteiger partial charge on any atom is 0.229 e. The first-order valence-corrected chi connectivity index (χ1v) is 8.05. The fourth-order valence-electron chi connectivity index (χ4n) is 2.51. The number of hydrogen-bond acceptors (Lipinski definition) is 5. The summed E-state index contributed by atoms with van der Waals surface area (Å²) in [5.41, 5.74) is 3.34. The van der Waals surface area contributed by atoms with Gasteiger partial charge < -0.3 is 10.2 Å². The maximum atomic E-state index is 11.5. The van der Waals surface area contributed by atoms with Gasteiger partial charge in [-0.25, -0.2) is 4.98 Å². The Morgan fingerprint density at radius 3 is 2.48 bits per heavy atom. The van der Waals surface area contributed by atoms with Crippen molar-refractivity contribution in [1.29, 1.82) is 0 Å². The van der Waals surface area contributed by atoms with Crippen LogP contribution >= 0.6 is 0 Å². The summed E-state index contributed by atoms with van der Waals surface area (Å²) in [6.45, 7) is 3.48. The summed E-state index contributed by atoms with van der Waals surface area (Å²) in [5.74, 6) is 1.32. The van der Waals surface area contributed by atoms with Gasteiger partial charge in [-0.2, -0.15) is 4.98 Å². The van der Waals surface area contributed by atoms with E-state index >= 15 is 0 Å². The molecule has 3 rings (SSSR count). The van der Waals surface area contributed by atoms with Crippen LogP contribution in [0.15, 0.2) is 60.7 Å². The van der Waals surface area contributed by atoms with E-state index in [1.54, 1.807) is 19.1 Å². The third-order valence-corrected chi connectivity index (χ3v) is 3.85. The van der Waals surface area contributed by atoms with Crippen molar-refractivity contribution in [1.82, 2.24) is 9.97 Å². The lowest BCUT2D eigenvalue weighted by Crippen LogP contribution is -2.13. The Balaban J connectivity index is 1.89. The van der Waals surface area contributed by atoms with Crippen molar-refractivity contribution in [3.63, 3.8) is 0 Å². The molecular formula is C20H20N4O. The number of benzene rings is 2. The number of anilines is 4. The smallest absolute Gasteiger partial charge is 0.229 e. The molecular weight excluding hydrogens is 312 g/mol. The molecule has 0 aliphatic carbocycles. The summed E-state index contributed by atoms with van der Waals surface area (Å²) in [4.78, 5) is 22.6. The first kappa shape index (κ1) is 16.6. The Bertz CT molecular complexity index is 893. The summed E-state index contributed by atoms with van der Waals surface area (Å²) in [5, 5.41) is 3.19. The molecule has 0 amide bonds. The first-order valence-electron chi connectivity index (χ1n) is 8.05. The monoisotopic (exact) mass is 332 g/mol.